The van der Waals surface area contributed by atoms with Crippen molar-refractivity contribution in [3.8, 4) is 5.75 Å². The van der Waals surface area contributed by atoms with Crippen LogP contribution in [0.2, 0.25) is 0 Å². The van der Waals surface area contributed by atoms with E-state index in [-0.39, 0.29) is 24.5 Å². The van der Waals surface area contributed by atoms with Crippen LogP contribution >= 0.6 is 0 Å². The van der Waals surface area contributed by atoms with Crippen LogP contribution in [0, 0.1) is 0 Å². The molecule has 6 heteroatoms. The van der Waals surface area contributed by atoms with Gasteiger partial charge in [0, 0.05) is 25.3 Å². The molecule has 1 saturated heterocycles. The number of hydrogen-bond acceptors (Lipinski definition) is 4. The quantitative estimate of drug-likeness (QED) is 0.753. The maximum absolute atomic E-state index is 11.9. The average molecular weight is 291 g/mol. The van der Waals surface area contributed by atoms with Crippen LogP contribution < -0.4 is 20.7 Å². The highest BCUT2D eigenvalue weighted by atomic mass is 16.5. The van der Waals surface area contributed by atoms with Crippen molar-refractivity contribution in [3.63, 3.8) is 0 Å². The number of carbonyl (C=O) groups excluding carboxylic acids is 2. The third-order valence-corrected chi connectivity index (χ3v) is 3.36. The van der Waals surface area contributed by atoms with Gasteiger partial charge in [-0.25, -0.2) is 0 Å². The topological polar surface area (TPSA) is 79.5 Å². The van der Waals surface area contributed by atoms with Gasteiger partial charge in [0.05, 0.1) is 0 Å². The number of benzene rings is 1. The molecule has 0 spiro atoms. The normalized spacial score (nSPS) is 18.3. The molecule has 21 heavy (non-hydrogen) atoms. The molecule has 2 amide bonds. The van der Waals surface area contributed by atoms with E-state index in [1.54, 1.807) is 19.2 Å². The van der Waals surface area contributed by atoms with Gasteiger partial charge >= 0.3 is 0 Å². The fourth-order valence-electron chi connectivity index (χ4n) is 2.17. The molecule has 1 fully saturated rings. The molecular formula is C15H21N3O3. The van der Waals surface area contributed by atoms with Gasteiger partial charge in [0.15, 0.2) is 6.61 Å². The van der Waals surface area contributed by atoms with Crippen LogP contribution in [0.3, 0.4) is 0 Å². The van der Waals surface area contributed by atoms with Gasteiger partial charge in [-0.05, 0) is 31.4 Å². The lowest BCUT2D eigenvalue weighted by atomic mass is 10.1. The first kappa shape index (κ1) is 15.2. The number of rotatable bonds is 5. The van der Waals surface area contributed by atoms with Crippen LogP contribution in [0.5, 0.6) is 5.75 Å². The molecule has 0 aliphatic carbocycles. The van der Waals surface area contributed by atoms with Gasteiger partial charge in [-0.2, -0.15) is 0 Å². The predicted molar refractivity (Wildman–Crippen MR) is 80.3 cm³/mol. The van der Waals surface area contributed by atoms with E-state index in [0.29, 0.717) is 5.75 Å². The lowest BCUT2D eigenvalue weighted by Gasteiger charge is -2.17. The zero-order valence-corrected chi connectivity index (χ0v) is 12.1. The smallest absolute Gasteiger partial charge is 0.257 e. The average Bonchev–Trinajstić information content (AvgIpc) is 2.70. The van der Waals surface area contributed by atoms with Crippen LogP contribution in [0.4, 0.5) is 5.69 Å². The van der Waals surface area contributed by atoms with Crippen molar-refractivity contribution in [2.45, 2.75) is 25.3 Å². The largest absolute Gasteiger partial charge is 0.484 e. The Bertz CT molecular complexity index is 505. The van der Waals surface area contributed by atoms with E-state index in [9.17, 15) is 9.59 Å². The second-order valence-corrected chi connectivity index (χ2v) is 4.97. The lowest BCUT2D eigenvalue weighted by Crippen LogP contribution is -2.37. The van der Waals surface area contributed by atoms with E-state index in [0.717, 1.165) is 31.5 Å². The monoisotopic (exact) mass is 291 g/mol. The van der Waals surface area contributed by atoms with Gasteiger partial charge in [0.1, 0.15) is 11.8 Å². The molecule has 0 saturated carbocycles. The second kappa shape index (κ2) is 7.52. The Kier molecular flexibility index (Phi) is 5.43. The first-order chi connectivity index (χ1) is 10.2. The van der Waals surface area contributed by atoms with E-state index in [1.165, 1.54) is 0 Å². The highest BCUT2D eigenvalue weighted by molar-refractivity contribution is 5.84. The summed E-state index contributed by atoms with van der Waals surface area (Å²) in [6.07, 6.45) is 2.84. The van der Waals surface area contributed by atoms with E-state index in [4.69, 9.17) is 4.74 Å². The number of anilines is 1. The van der Waals surface area contributed by atoms with Gasteiger partial charge in [-0.1, -0.05) is 6.07 Å². The van der Waals surface area contributed by atoms with Crippen molar-refractivity contribution in [1.82, 2.24) is 10.6 Å². The SMILES string of the molecule is CNC(=O)COc1cccc(N[C@H]2CCCCNC2=O)c1. The predicted octanol–water partition coefficient (Wildman–Crippen LogP) is 0.892. The maximum Gasteiger partial charge on any atom is 0.257 e. The van der Waals surface area contributed by atoms with Crippen LogP contribution in [-0.4, -0.2) is 38.1 Å². The minimum absolute atomic E-state index is 0.0239. The molecule has 114 valence electrons. The number of hydrogen-bond donors (Lipinski definition) is 3. The van der Waals surface area contributed by atoms with Crippen molar-refractivity contribution in [1.29, 1.82) is 0 Å². The Balaban J connectivity index is 1.96. The summed E-state index contributed by atoms with van der Waals surface area (Å²) >= 11 is 0. The standard InChI is InChI=1S/C15H21N3O3/c1-16-14(19)10-21-12-6-4-5-11(9-12)18-13-7-2-3-8-17-15(13)20/h4-6,9,13,18H,2-3,7-8,10H2,1H3,(H,16,19)(H,17,20)/t13-/m0/s1. The third kappa shape index (κ3) is 4.66. The van der Waals surface area contributed by atoms with E-state index < -0.39 is 0 Å². The minimum Gasteiger partial charge on any atom is -0.484 e. The van der Waals surface area contributed by atoms with Crippen molar-refractivity contribution >= 4 is 17.5 Å². The summed E-state index contributed by atoms with van der Waals surface area (Å²) < 4.78 is 5.39. The molecule has 1 aromatic carbocycles. The van der Waals surface area contributed by atoms with E-state index in [2.05, 4.69) is 16.0 Å². The Morgan fingerprint density at radius 1 is 1.43 bits per heavy atom. The summed E-state index contributed by atoms with van der Waals surface area (Å²) in [6, 6.07) is 7.06. The van der Waals surface area contributed by atoms with E-state index in [1.807, 2.05) is 12.1 Å². The molecule has 2 rings (SSSR count). The molecule has 1 heterocycles. The number of carbonyl (C=O) groups is 2. The summed E-state index contributed by atoms with van der Waals surface area (Å²) in [7, 11) is 1.56. The zero-order chi connectivity index (χ0) is 15.1. The van der Waals surface area contributed by atoms with Crippen molar-refractivity contribution < 1.29 is 14.3 Å². The number of ether oxygens (including phenoxy) is 1. The zero-order valence-electron chi connectivity index (χ0n) is 12.1. The summed E-state index contributed by atoms with van der Waals surface area (Å²) in [6.45, 7) is 0.718. The Hall–Kier alpha value is -2.24. The molecular weight excluding hydrogens is 270 g/mol. The maximum atomic E-state index is 11.9. The Morgan fingerprint density at radius 2 is 2.29 bits per heavy atom. The molecule has 0 aromatic heterocycles. The van der Waals surface area contributed by atoms with Crippen LogP contribution in [-0.2, 0) is 9.59 Å². The highest BCUT2D eigenvalue weighted by Gasteiger charge is 2.20. The lowest BCUT2D eigenvalue weighted by molar-refractivity contribution is -0.122. The van der Waals surface area contributed by atoms with Gasteiger partial charge in [0.25, 0.3) is 5.91 Å². The highest BCUT2D eigenvalue weighted by Crippen LogP contribution is 2.19. The van der Waals surface area contributed by atoms with Crippen molar-refractivity contribution in [3.05, 3.63) is 24.3 Å². The summed E-state index contributed by atoms with van der Waals surface area (Å²) in [5.74, 6) is 0.443. The first-order valence-corrected chi connectivity index (χ1v) is 7.17. The molecule has 6 nitrogen and oxygen atoms in total. The molecule has 1 aliphatic heterocycles. The minimum atomic E-state index is -0.221. The van der Waals surface area contributed by atoms with Crippen LogP contribution in [0.15, 0.2) is 24.3 Å². The third-order valence-electron chi connectivity index (χ3n) is 3.36. The van der Waals surface area contributed by atoms with Crippen LogP contribution in [0.1, 0.15) is 19.3 Å². The molecule has 0 unspecified atom stereocenters. The Morgan fingerprint density at radius 3 is 3.10 bits per heavy atom. The number of nitrogens with one attached hydrogen (secondary N) is 3. The Labute approximate surface area is 124 Å². The van der Waals surface area contributed by atoms with Crippen molar-refractivity contribution in [2.75, 3.05) is 25.5 Å². The van der Waals surface area contributed by atoms with Gasteiger partial charge < -0.3 is 20.7 Å². The molecule has 0 radical (unpaired) electrons. The summed E-state index contributed by atoms with van der Waals surface area (Å²) in [5, 5.41) is 8.61. The summed E-state index contributed by atoms with van der Waals surface area (Å²) in [5.41, 5.74) is 0.812. The van der Waals surface area contributed by atoms with Gasteiger partial charge in [-0.3, -0.25) is 9.59 Å². The molecule has 3 N–H and O–H groups in total. The fourth-order valence-corrected chi connectivity index (χ4v) is 2.17. The molecule has 0 bridgehead atoms. The van der Waals surface area contributed by atoms with Crippen molar-refractivity contribution in [2.24, 2.45) is 0 Å². The fraction of sp³-hybridized carbons (Fsp3) is 0.467. The number of likely N-dealkylation sites (N-methyl/N-ethyl adjacent to an activating group) is 1. The molecule has 1 aliphatic rings. The number of amides is 2. The molecule has 1 aromatic rings. The van der Waals surface area contributed by atoms with Gasteiger partial charge in [-0.15, -0.1) is 0 Å². The van der Waals surface area contributed by atoms with Crippen LogP contribution in [0.25, 0.3) is 0 Å². The van der Waals surface area contributed by atoms with E-state index >= 15 is 0 Å². The first-order valence-electron chi connectivity index (χ1n) is 7.17. The summed E-state index contributed by atoms with van der Waals surface area (Å²) in [4.78, 5) is 23.1. The van der Waals surface area contributed by atoms with Gasteiger partial charge in [0.2, 0.25) is 5.91 Å². The second-order valence-electron chi connectivity index (χ2n) is 4.97. The molecule has 1 atom stereocenters.